The van der Waals surface area contributed by atoms with Gasteiger partial charge in [0.1, 0.15) is 0 Å². The van der Waals surface area contributed by atoms with Crippen molar-refractivity contribution in [3.8, 4) is 0 Å². The van der Waals surface area contributed by atoms with Crippen molar-refractivity contribution in [2.75, 3.05) is 5.73 Å². The van der Waals surface area contributed by atoms with E-state index in [-0.39, 0.29) is 0 Å². The van der Waals surface area contributed by atoms with Gasteiger partial charge in [-0.05, 0) is 40.5 Å². The Morgan fingerprint density at radius 3 is 2.69 bits per heavy atom. The summed E-state index contributed by atoms with van der Waals surface area (Å²) >= 11 is 3.25. The van der Waals surface area contributed by atoms with Crippen molar-refractivity contribution in [2.45, 2.75) is 12.8 Å². The second kappa shape index (κ2) is 3.79. The van der Waals surface area contributed by atoms with Crippen LogP contribution in [0.5, 0.6) is 0 Å². The minimum absolute atomic E-state index is 0.503. The highest BCUT2D eigenvalue weighted by molar-refractivity contribution is 9.10. The second-order valence-electron chi connectivity index (χ2n) is 2.84. The van der Waals surface area contributed by atoms with Crippen molar-refractivity contribution in [1.29, 1.82) is 0 Å². The Bertz CT molecular complexity index is 338. The molecule has 0 radical (unpaired) electrons. The molecule has 1 aromatic carbocycles. The number of nitrogen functional groups attached to an aromatic ring is 1. The van der Waals surface area contributed by atoms with E-state index < -0.39 is 11.9 Å². The topological polar surface area (TPSA) is 63.3 Å². The van der Waals surface area contributed by atoms with Gasteiger partial charge >= 0.3 is 5.97 Å². The van der Waals surface area contributed by atoms with Gasteiger partial charge in [0.05, 0.1) is 5.92 Å². The molecule has 4 heteroatoms. The Kier molecular flexibility index (Phi) is 2.93. The molecule has 0 aromatic heterocycles. The average Bonchev–Trinajstić information content (AvgIpc) is 2.08. The maximum atomic E-state index is 10.6. The van der Waals surface area contributed by atoms with E-state index in [1.807, 2.05) is 0 Å². The molecule has 1 rings (SSSR count). The third kappa shape index (κ3) is 2.21. The summed E-state index contributed by atoms with van der Waals surface area (Å²) in [6.07, 6.45) is 0. The maximum absolute atomic E-state index is 10.6. The highest BCUT2D eigenvalue weighted by Crippen LogP contribution is 2.24. The van der Waals surface area contributed by atoms with E-state index in [0.29, 0.717) is 5.69 Å². The maximum Gasteiger partial charge on any atom is 0.310 e. The quantitative estimate of drug-likeness (QED) is 0.784. The molecule has 13 heavy (non-hydrogen) atoms. The van der Waals surface area contributed by atoms with E-state index in [1.54, 1.807) is 25.1 Å². The molecule has 0 aliphatic carbocycles. The Morgan fingerprint density at radius 2 is 2.23 bits per heavy atom. The Labute approximate surface area is 84.7 Å². The first-order chi connectivity index (χ1) is 6.02. The van der Waals surface area contributed by atoms with Gasteiger partial charge in [-0.15, -0.1) is 0 Å². The molecule has 3 nitrogen and oxygen atoms in total. The number of carboxylic acid groups (broad SMARTS) is 1. The van der Waals surface area contributed by atoms with Crippen LogP contribution in [0.2, 0.25) is 0 Å². The van der Waals surface area contributed by atoms with Crippen molar-refractivity contribution in [2.24, 2.45) is 0 Å². The van der Waals surface area contributed by atoms with Gasteiger partial charge in [0.15, 0.2) is 0 Å². The van der Waals surface area contributed by atoms with Gasteiger partial charge in [-0.25, -0.2) is 0 Å². The molecule has 0 heterocycles. The monoisotopic (exact) mass is 243 g/mol. The molecule has 3 N–H and O–H groups in total. The van der Waals surface area contributed by atoms with Crippen LogP contribution in [0.1, 0.15) is 18.4 Å². The van der Waals surface area contributed by atoms with Gasteiger partial charge in [0.25, 0.3) is 0 Å². The molecule has 0 bridgehead atoms. The number of aliphatic carboxylic acids is 1. The highest BCUT2D eigenvalue weighted by Gasteiger charge is 2.13. The summed E-state index contributed by atoms with van der Waals surface area (Å²) in [6.45, 7) is 1.64. The van der Waals surface area contributed by atoms with Gasteiger partial charge in [0.2, 0.25) is 0 Å². The van der Waals surface area contributed by atoms with Crippen LogP contribution in [0.25, 0.3) is 0 Å². The van der Waals surface area contributed by atoms with E-state index in [2.05, 4.69) is 15.9 Å². The van der Waals surface area contributed by atoms with Crippen LogP contribution in [0.15, 0.2) is 22.7 Å². The van der Waals surface area contributed by atoms with Crippen LogP contribution in [0.3, 0.4) is 0 Å². The molecule has 0 saturated carbocycles. The Morgan fingerprint density at radius 1 is 1.62 bits per heavy atom. The molecule has 0 fully saturated rings. The molecule has 0 saturated heterocycles. The Balaban J connectivity index is 3.03. The summed E-state index contributed by atoms with van der Waals surface area (Å²) in [5.74, 6) is -1.34. The van der Waals surface area contributed by atoms with Crippen LogP contribution < -0.4 is 5.73 Å². The molecule has 70 valence electrons. The van der Waals surface area contributed by atoms with E-state index >= 15 is 0 Å². The van der Waals surface area contributed by atoms with Gasteiger partial charge in [-0.1, -0.05) is 6.07 Å². The molecular weight excluding hydrogens is 234 g/mol. The normalized spacial score (nSPS) is 12.5. The second-order valence-corrected chi connectivity index (χ2v) is 3.70. The minimum Gasteiger partial charge on any atom is -0.481 e. The van der Waals surface area contributed by atoms with Crippen LogP contribution in [0, 0.1) is 0 Å². The molecule has 0 amide bonds. The van der Waals surface area contributed by atoms with Crippen molar-refractivity contribution in [3.05, 3.63) is 28.2 Å². The Hall–Kier alpha value is -1.03. The standard InChI is InChI=1S/C9H10BrNO2/c1-5(9(12)13)6-2-3-8(11)7(10)4-6/h2-5H,11H2,1H3,(H,12,13)/t5-/m1/s1. The summed E-state index contributed by atoms with van der Waals surface area (Å²) in [4.78, 5) is 10.6. The van der Waals surface area contributed by atoms with Crippen molar-refractivity contribution in [1.82, 2.24) is 0 Å². The molecule has 0 aliphatic rings. The lowest BCUT2D eigenvalue weighted by Gasteiger charge is -2.07. The zero-order chi connectivity index (χ0) is 10.0. The lowest BCUT2D eigenvalue weighted by Crippen LogP contribution is -2.07. The van der Waals surface area contributed by atoms with Crippen LogP contribution in [-0.4, -0.2) is 11.1 Å². The zero-order valence-corrected chi connectivity index (χ0v) is 8.71. The SMILES string of the molecule is C[C@@H](C(=O)O)c1ccc(N)c(Br)c1. The summed E-state index contributed by atoms with van der Waals surface area (Å²) in [6, 6.07) is 5.14. The van der Waals surface area contributed by atoms with Gasteiger partial charge in [0, 0.05) is 10.2 Å². The molecular formula is C9H10BrNO2. The number of benzene rings is 1. The summed E-state index contributed by atoms with van der Waals surface area (Å²) in [5, 5.41) is 8.75. The van der Waals surface area contributed by atoms with E-state index in [4.69, 9.17) is 10.8 Å². The van der Waals surface area contributed by atoms with Crippen LogP contribution >= 0.6 is 15.9 Å². The number of rotatable bonds is 2. The smallest absolute Gasteiger partial charge is 0.310 e. The average molecular weight is 244 g/mol. The molecule has 1 aromatic rings. The largest absolute Gasteiger partial charge is 0.481 e. The van der Waals surface area contributed by atoms with E-state index in [1.165, 1.54) is 0 Å². The summed E-state index contributed by atoms with van der Waals surface area (Å²) < 4.78 is 0.734. The van der Waals surface area contributed by atoms with Gasteiger partial charge in [-0.3, -0.25) is 4.79 Å². The number of carboxylic acids is 1. The third-order valence-electron chi connectivity index (χ3n) is 1.89. The minimum atomic E-state index is -0.836. The number of anilines is 1. The zero-order valence-electron chi connectivity index (χ0n) is 7.12. The first-order valence-corrected chi connectivity index (χ1v) is 4.59. The fourth-order valence-electron chi connectivity index (χ4n) is 0.955. The third-order valence-corrected chi connectivity index (χ3v) is 2.58. The fraction of sp³-hybridized carbons (Fsp3) is 0.222. The van der Waals surface area contributed by atoms with E-state index in [9.17, 15) is 4.79 Å². The summed E-state index contributed by atoms with van der Waals surface area (Å²) in [7, 11) is 0. The molecule has 0 spiro atoms. The van der Waals surface area contributed by atoms with Crippen molar-refractivity contribution < 1.29 is 9.90 Å². The molecule has 0 unspecified atom stereocenters. The predicted molar refractivity (Wildman–Crippen MR) is 54.6 cm³/mol. The first-order valence-electron chi connectivity index (χ1n) is 3.80. The van der Waals surface area contributed by atoms with Crippen LogP contribution in [0.4, 0.5) is 5.69 Å². The van der Waals surface area contributed by atoms with E-state index in [0.717, 1.165) is 10.0 Å². The molecule has 0 aliphatic heterocycles. The van der Waals surface area contributed by atoms with Crippen molar-refractivity contribution >= 4 is 27.6 Å². The number of carbonyl (C=O) groups is 1. The lowest BCUT2D eigenvalue weighted by atomic mass is 10.0. The summed E-state index contributed by atoms with van der Waals surface area (Å²) in [5.41, 5.74) is 6.93. The van der Waals surface area contributed by atoms with Gasteiger partial charge < -0.3 is 10.8 Å². The lowest BCUT2D eigenvalue weighted by molar-refractivity contribution is -0.138. The predicted octanol–water partition coefficient (Wildman–Crippen LogP) is 2.22. The first kappa shape index (κ1) is 10.1. The fourth-order valence-corrected chi connectivity index (χ4v) is 1.35. The van der Waals surface area contributed by atoms with Crippen molar-refractivity contribution in [3.63, 3.8) is 0 Å². The number of nitrogens with two attached hydrogens (primary N) is 1. The molecule has 1 atom stereocenters. The highest BCUT2D eigenvalue weighted by atomic mass is 79.9. The van der Waals surface area contributed by atoms with Crippen LogP contribution in [-0.2, 0) is 4.79 Å². The number of halogens is 1. The number of hydrogen-bond acceptors (Lipinski definition) is 2. The van der Waals surface area contributed by atoms with Gasteiger partial charge in [-0.2, -0.15) is 0 Å². The number of hydrogen-bond donors (Lipinski definition) is 2.